The molecule has 0 amide bonds. The van der Waals surface area contributed by atoms with Gasteiger partial charge in [-0.05, 0) is 59.9 Å². The first kappa shape index (κ1) is 14.8. The van der Waals surface area contributed by atoms with E-state index in [0.29, 0.717) is 11.3 Å². The lowest BCUT2D eigenvalue weighted by molar-refractivity contribution is 0.0341. The molecular weight excluding hydrogens is 298 g/mol. The van der Waals surface area contributed by atoms with Crippen LogP contribution in [-0.4, -0.2) is 5.97 Å². The monoisotopic (exact) mass is 317 g/mol. The summed E-state index contributed by atoms with van der Waals surface area (Å²) in [4.78, 5) is 12.4. The Kier molecular flexibility index (Phi) is 3.49. The summed E-state index contributed by atoms with van der Waals surface area (Å²) in [6.45, 7) is 1.92. The molecule has 0 fully saturated rings. The Bertz CT molecular complexity index is 935. The number of nitrogens with two attached hydrogens (primary N) is 1. The zero-order valence-corrected chi connectivity index (χ0v) is 13.6. The van der Waals surface area contributed by atoms with Gasteiger partial charge in [0.2, 0.25) is 0 Å². The van der Waals surface area contributed by atoms with Crippen molar-refractivity contribution in [2.45, 2.75) is 25.9 Å². The third kappa shape index (κ3) is 2.42. The minimum absolute atomic E-state index is 0.316. The van der Waals surface area contributed by atoms with E-state index in [2.05, 4.69) is 30.3 Å². The first-order valence-corrected chi connectivity index (χ1v) is 8.23. The molecule has 1 aliphatic carbocycles. The maximum atomic E-state index is 12.4. The minimum atomic E-state index is -0.349. The molecule has 3 nitrogen and oxygen atoms in total. The summed E-state index contributed by atoms with van der Waals surface area (Å²) in [5.41, 5.74) is 10.6. The molecule has 24 heavy (non-hydrogen) atoms. The molecule has 0 heterocycles. The van der Waals surface area contributed by atoms with Gasteiger partial charge in [-0.1, -0.05) is 36.4 Å². The van der Waals surface area contributed by atoms with E-state index in [1.807, 2.05) is 6.92 Å². The second-order valence-corrected chi connectivity index (χ2v) is 6.33. The van der Waals surface area contributed by atoms with E-state index in [1.54, 1.807) is 24.3 Å². The summed E-state index contributed by atoms with van der Waals surface area (Å²) in [6.07, 6.45) is 1.87. The average Bonchev–Trinajstić information content (AvgIpc) is 3.00. The van der Waals surface area contributed by atoms with Crippen molar-refractivity contribution in [2.75, 3.05) is 5.73 Å². The first-order valence-electron chi connectivity index (χ1n) is 8.23. The van der Waals surface area contributed by atoms with Gasteiger partial charge >= 0.3 is 5.97 Å². The number of benzene rings is 3. The van der Waals surface area contributed by atoms with Crippen LogP contribution < -0.4 is 5.73 Å². The van der Waals surface area contributed by atoms with Crippen molar-refractivity contribution in [1.29, 1.82) is 0 Å². The number of rotatable bonds is 3. The van der Waals surface area contributed by atoms with Crippen molar-refractivity contribution in [2.24, 2.45) is 0 Å². The van der Waals surface area contributed by atoms with Crippen molar-refractivity contribution < 1.29 is 9.53 Å². The molecule has 3 aromatic carbocycles. The van der Waals surface area contributed by atoms with Gasteiger partial charge in [-0.25, -0.2) is 4.79 Å². The summed E-state index contributed by atoms with van der Waals surface area (Å²) in [5.74, 6) is -0.349. The van der Waals surface area contributed by atoms with Gasteiger partial charge < -0.3 is 10.5 Å². The molecule has 0 radical (unpaired) electrons. The van der Waals surface area contributed by atoms with E-state index in [0.717, 1.165) is 18.4 Å². The van der Waals surface area contributed by atoms with Crippen LogP contribution in [0.2, 0.25) is 0 Å². The van der Waals surface area contributed by atoms with Gasteiger partial charge in [0.1, 0.15) is 6.10 Å². The molecule has 4 rings (SSSR count). The fourth-order valence-electron chi connectivity index (χ4n) is 3.58. The molecule has 120 valence electrons. The molecule has 0 aromatic heterocycles. The molecule has 0 aliphatic heterocycles. The van der Waals surface area contributed by atoms with Gasteiger partial charge in [-0.15, -0.1) is 0 Å². The van der Waals surface area contributed by atoms with Crippen LogP contribution in [0.4, 0.5) is 5.69 Å². The maximum absolute atomic E-state index is 12.4. The molecule has 2 N–H and O–H groups in total. The smallest absolute Gasteiger partial charge is 0.338 e. The van der Waals surface area contributed by atoms with E-state index in [9.17, 15) is 4.79 Å². The van der Waals surface area contributed by atoms with Crippen LogP contribution >= 0.6 is 0 Å². The number of hydrogen-bond acceptors (Lipinski definition) is 3. The van der Waals surface area contributed by atoms with E-state index in [1.165, 1.54) is 21.9 Å². The highest BCUT2D eigenvalue weighted by molar-refractivity contribution is 5.94. The lowest BCUT2D eigenvalue weighted by Crippen LogP contribution is -2.10. The fourth-order valence-corrected chi connectivity index (χ4v) is 3.58. The zero-order valence-electron chi connectivity index (χ0n) is 13.6. The third-order valence-electron chi connectivity index (χ3n) is 4.75. The van der Waals surface area contributed by atoms with Crippen LogP contribution in [-0.2, 0) is 17.6 Å². The highest BCUT2D eigenvalue weighted by Crippen LogP contribution is 2.35. The summed E-state index contributed by atoms with van der Waals surface area (Å²) in [5, 5.41) is 2.53. The van der Waals surface area contributed by atoms with E-state index in [4.69, 9.17) is 10.5 Å². The quantitative estimate of drug-likeness (QED) is 0.574. The van der Waals surface area contributed by atoms with Crippen molar-refractivity contribution >= 4 is 22.4 Å². The largest absolute Gasteiger partial charge is 0.454 e. The summed E-state index contributed by atoms with van der Waals surface area (Å²) < 4.78 is 5.69. The highest BCUT2D eigenvalue weighted by atomic mass is 16.5. The number of hydrogen-bond donors (Lipinski definition) is 1. The Morgan fingerprint density at radius 1 is 1.04 bits per heavy atom. The van der Waals surface area contributed by atoms with Crippen molar-refractivity contribution in [3.63, 3.8) is 0 Å². The SMILES string of the molecule is C[C@@H](OC(=O)c1cccc(N)c1)c1ccc2c3c(cccc13)CC2. The number of aryl methyl sites for hydroxylation is 2. The normalized spacial score (nSPS) is 13.9. The lowest BCUT2D eigenvalue weighted by atomic mass is 9.97. The Hall–Kier alpha value is -2.81. The van der Waals surface area contributed by atoms with Crippen LogP contribution in [0.25, 0.3) is 10.8 Å². The molecule has 1 atom stereocenters. The Labute approximate surface area is 141 Å². The highest BCUT2D eigenvalue weighted by Gasteiger charge is 2.20. The van der Waals surface area contributed by atoms with Gasteiger partial charge in [0.05, 0.1) is 5.56 Å². The summed E-state index contributed by atoms with van der Waals surface area (Å²) in [7, 11) is 0. The molecule has 0 bridgehead atoms. The number of anilines is 1. The number of ether oxygens (including phenoxy) is 1. The van der Waals surface area contributed by atoms with Crippen LogP contribution in [0.3, 0.4) is 0 Å². The molecular formula is C21H19NO2. The zero-order chi connectivity index (χ0) is 16.7. The fraction of sp³-hybridized carbons (Fsp3) is 0.190. The average molecular weight is 317 g/mol. The first-order chi connectivity index (χ1) is 11.6. The van der Waals surface area contributed by atoms with E-state index >= 15 is 0 Å². The summed E-state index contributed by atoms with van der Waals surface area (Å²) in [6, 6.07) is 17.5. The summed E-state index contributed by atoms with van der Waals surface area (Å²) >= 11 is 0. The Morgan fingerprint density at radius 2 is 1.79 bits per heavy atom. The standard InChI is InChI=1S/C21H19NO2/c1-13(24-21(23)16-5-2-6-17(22)12-16)18-11-10-15-9-8-14-4-3-7-19(18)20(14)15/h2-7,10-13H,8-9,22H2,1H3/t13-/m1/s1. The van der Waals surface area contributed by atoms with Crippen molar-refractivity contribution in [1.82, 2.24) is 0 Å². The second-order valence-electron chi connectivity index (χ2n) is 6.33. The third-order valence-corrected chi connectivity index (χ3v) is 4.75. The van der Waals surface area contributed by atoms with Crippen LogP contribution in [0, 0.1) is 0 Å². The van der Waals surface area contributed by atoms with Gasteiger partial charge in [-0.2, -0.15) is 0 Å². The van der Waals surface area contributed by atoms with Crippen molar-refractivity contribution in [3.8, 4) is 0 Å². The minimum Gasteiger partial charge on any atom is -0.454 e. The number of esters is 1. The van der Waals surface area contributed by atoms with E-state index < -0.39 is 0 Å². The Morgan fingerprint density at radius 3 is 2.58 bits per heavy atom. The van der Waals surface area contributed by atoms with E-state index in [-0.39, 0.29) is 12.1 Å². The van der Waals surface area contributed by atoms with Gasteiger partial charge in [0.25, 0.3) is 0 Å². The number of nitrogen functional groups attached to an aromatic ring is 1. The van der Waals surface area contributed by atoms with Gasteiger partial charge in [0, 0.05) is 11.3 Å². The molecule has 0 unspecified atom stereocenters. The topological polar surface area (TPSA) is 52.3 Å². The number of carbonyl (C=O) groups is 1. The van der Waals surface area contributed by atoms with Crippen LogP contribution in [0.1, 0.15) is 40.1 Å². The van der Waals surface area contributed by atoms with Crippen molar-refractivity contribution in [3.05, 3.63) is 76.9 Å². The molecule has 0 saturated heterocycles. The molecule has 0 saturated carbocycles. The molecule has 3 heteroatoms. The van der Waals surface area contributed by atoms with Gasteiger partial charge in [0.15, 0.2) is 0 Å². The number of carbonyl (C=O) groups excluding carboxylic acids is 1. The second kappa shape index (κ2) is 5.68. The molecule has 1 aliphatic rings. The lowest BCUT2D eigenvalue weighted by Gasteiger charge is -2.17. The molecule has 3 aromatic rings. The predicted molar refractivity (Wildman–Crippen MR) is 96.0 cm³/mol. The molecule has 0 spiro atoms. The predicted octanol–water partition coefficient (Wildman–Crippen LogP) is 4.44. The Balaban J connectivity index is 1.67. The van der Waals surface area contributed by atoms with Crippen LogP contribution in [0.5, 0.6) is 0 Å². The maximum Gasteiger partial charge on any atom is 0.338 e. The van der Waals surface area contributed by atoms with Gasteiger partial charge in [-0.3, -0.25) is 0 Å². The van der Waals surface area contributed by atoms with Crippen LogP contribution in [0.15, 0.2) is 54.6 Å².